The quantitative estimate of drug-likeness (QED) is 0.608. The van der Waals surface area contributed by atoms with Crippen molar-refractivity contribution in [2.45, 2.75) is 19.9 Å². The normalized spacial score (nSPS) is 10.6. The van der Waals surface area contributed by atoms with E-state index in [0.29, 0.717) is 0 Å². The summed E-state index contributed by atoms with van der Waals surface area (Å²) in [6, 6.07) is 10.5. The molecule has 0 spiro atoms. The van der Waals surface area contributed by atoms with Gasteiger partial charge in [-0.3, -0.25) is 0 Å². The largest absolute Gasteiger partial charge is 0.380 e. The fourth-order valence-corrected chi connectivity index (χ4v) is 1.52. The molecule has 0 unspecified atom stereocenters. The van der Waals surface area contributed by atoms with Crippen molar-refractivity contribution in [1.29, 1.82) is 0 Å². The second-order valence-corrected chi connectivity index (χ2v) is 4.02. The zero-order chi connectivity index (χ0) is 12.2. The van der Waals surface area contributed by atoms with E-state index in [1.165, 1.54) is 5.56 Å². The van der Waals surface area contributed by atoms with Gasteiger partial charge in [-0.05, 0) is 12.0 Å². The van der Waals surface area contributed by atoms with Crippen molar-refractivity contribution in [2.24, 2.45) is 0 Å². The molecule has 0 aliphatic rings. The minimum Gasteiger partial charge on any atom is -0.380 e. The predicted molar refractivity (Wildman–Crippen MR) is 72.1 cm³/mol. The molecule has 17 heavy (non-hydrogen) atoms. The molecule has 3 heteroatoms. The number of nitrogens with one attached hydrogen (secondary N) is 2. The average Bonchev–Trinajstić information content (AvgIpc) is 2.38. The van der Waals surface area contributed by atoms with Gasteiger partial charge in [0.25, 0.3) is 0 Å². The summed E-state index contributed by atoms with van der Waals surface area (Å²) in [6.45, 7) is 7.66. The van der Waals surface area contributed by atoms with Gasteiger partial charge in [-0.1, -0.05) is 37.3 Å². The minimum atomic E-state index is 0.812. The third-order valence-electron chi connectivity index (χ3n) is 2.42. The van der Waals surface area contributed by atoms with Crippen molar-refractivity contribution in [3.63, 3.8) is 0 Å². The SMILES string of the molecule is CCCOCCNCCNCc1ccccc1. The van der Waals surface area contributed by atoms with E-state index in [1.807, 2.05) is 6.07 Å². The number of hydrogen-bond donors (Lipinski definition) is 2. The van der Waals surface area contributed by atoms with Crippen LogP contribution in [0, 0.1) is 0 Å². The second-order valence-electron chi connectivity index (χ2n) is 4.02. The fraction of sp³-hybridized carbons (Fsp3) is 0.571. The lowest BCUT2D eigenvalue weighted by molar-refractivity contribution is 0.136. The zero-order valence-electron chi connectivity index (χ0n) is 10.7. The summed E-state index contributed by atoms with van der Waals surface area (Å²) < 4.78 is 5.38. The number of rotatable bonds is 10. The lowest BCUT2D eigenvalue weighted by Crippen LogP contribution is -2.29. The first-order chi connectivity index (χ1) is 8.43. The Morgan fingerprint density at radius 3 is 2.47 bits per heavy atom. The molecule has 0 atom stereocenters. The second kappa shape index (κ2) is 10.3. The van der Waals surface area contributed by atoms with Crippen LogP contribution in [0.2, 0.25) is 0 Å². The van der Waals surface area contributed by atoms with Gasteiger partial charge in [0.05, 0.1) is 6.61 Å². The van der Waals surface area contributed by atoms with Crippen LogP contribution >= 0.6 is 0 Å². The van der Waals surface area contributed by atoms with E-state index in [1.54, 1.807) is 0 Å². The summed E-state index contributed by atoms with van der Waals surface area (Å²) in [4.78, 5) is 0. The molecule has 1 rings (SSSR count). The van der Waals surface area contributed by atoms with Gasteiger partial charge in [-0.25, -0.2) is 0 Å². The molecule has 0 saturated heterocycles. The highest BCUT2D eigenvalue weighted by Crippen LogP contribution is 1.96. The molecule has 1 aromatic rings. The lowest BCUT2D eigenvalue weighted by atomic mass is 10.2. The number of ether oxygens (including phenoxy) is 1. The van der Waals surface area contributed by atoms with Crippen LogP contribution in [0.25, 0.3) is 0 Å². The van der Waals surface area contributed by atoms with Crippen LogP contribution in [0.1, 0.15) is 18.9 Å². The monoisotopic (exact) mass is 236 g/mol. The van der Waals surface area contributed by atoms with Crippen molar-refractivity contribution in [3.8, 4) is 0 Å². The zero-order valence-corrected chi connectivity index (χ0v) is 10.7. The summed E-state index contributed by atoms with van der Waals surface area (Å²) >= 11 is 0. The smallest absolute Gasteiger partial charge is 0.0590 e. The summed E-state index contributed by atoms with van der Waals surface area (Å²) in [5.74, 6) is 0. The van der Waals surface area contributed by atoms with E-state index < -0.39 is 0 Å². The first-order valence-electron chi connectivity index (χ1n) is 6.46. The molecule has 0 fully saturated rings. The number of benzene rings is 1. The maximum atomic E-state index is 5.38. The Bertz CT molecular complexity index is 264. The molecule has 0 aromatic heterocycles. The molecule has 96 valence electrons. The van der Waals surface area contributed by atoms with E-state index in [9.17, 15) is 0 Å². The van der Waals surface area contributed by atoms with Crippen LogP contribution < -0.4 is 10.6 Å². The first kappa shape index (κ1) is 14.2. The van der Waals surface area contributed by atoms with Crippen molar-refractivity contribution >= 4 is 0 Å². The van der Waals surface area contributed by atoms with Gasteiger partial charge < -0.3 is 15.4 Å². The van der Waals surface area contributed by atoms with Crippen LogP contribution in [-0.4, -0.2) is 32.8 Å². The Labute approximate surface area is 105 Å². The van der Waals surface area contributed by atoms with Gasteiger partial charge in [0, 0.05) is 32.8 Å². The standard InChI is InChI=1S/C14H24N2O/c1-2-11-17-12-10-15-8-9-16-13-14-6-4-3-5-7-14/h3-7,15-16H,2,8-13H2,1H3. The molecular formula is C14H24N2O. The Kier molecular flexibility index (Phi) is 8.55. The molecule has 0 radical (unpaired) electrons. The van der Waals surface area contributed by atoms with Crippen LogP contribution in [-0.2, 0) is 11.3 Å². The van der Waals surface area contributed by atoms with Gasteiger partial charge in [-0.15, -0.1) is 0 Å². The molecule has 0 heterocycles. The molecule has 0 saturated carbocycles. The lowest BCUT2D eigenvalue weighted by Gasteiger charge is -2.07. The Morgan fingerprint density at radius 2 is 1.71 bits per heavy atom. The van der Waals surface area contributed by atoms with Gasteiger partial charge in [0.15, 0.2) is 0 Å². The molecule has 0 bridgehead atoms. The van der Waals surface area contributed by atoms with E-state index in [4.69, 9.17) is 4.74 Å². The van der Waals surface area contributed by atoms with Crippen molar-refractivity contribution in [1.82, 2.24) is 10.6 Å². The van der Waals surface area contributed by atoms with Gasteiger partial charge in [0.2, 0.25) is 0 Å². The van der Waals surface area contributed by atoms with E-state index >= 15 is 0 Å². The molecule has 1 aromatic carbocycles. The summed E-state index contributed by atoms with van der Waals surface area (Å²) in [5.41, 5.74) is 1.33. The van der Waals surface area contributed by atoms with Gasteiger partial charge in [-0.2, -0.15) is 0 Å². The molecule has 0 amide bonds. The highest BCUT2D eigenvalue weighted by atomic mass is 16.5. The van der Waals surface area contributed by atoms with E-state index in [-0.39, 0.29) is 0 Å². The fourth-order valence-electron chi connectivity index (χ4n) is 1.52. The van der Waals surface area contributed by atoms with Crippen LogP contribution in [0.15, 0.2) is 30.3 Å². The van der Waals surface area contributed by atoms with Crippen molar-refractivity contribution < 1.29 is 4.74 Å². The Morgan fingerprint density at radius 1 is 0.941 bits per heavy atom. The topological polar surface area (TPSA) is 33.3 Å². The Balaban J connectivity index is 1.85. The maximum Gasteiger partial charge on any atom is 0.0590 e. The average molecular weight is 236 g/mol. The summed E-state index contributed by atoms with van der Waals surface area (Å²) in [7, 11) is 0. The maximum absolute atomic E-state index is 5.38. The van der Waals surface area contributed by atoms with Crippen molar-refractivity contribution in [2.75, 3.05) is 32.8 Å². The van der Waals surface area contributed by atoms with Gasteiger partial charge in [0.1, 0.15) is 0 Å². The van der Waals surface area contributed by atoms with E-state index in [0.717, 1.165) is 45.8 Å². The number of hydrogen-bond acceptors (Lipinski definition) is 3. The highest BCUT2D eigenvalue weighted by Gasteiger charge is 1.91. The van der Waals surface area contributed by atoms with E-state index in [2.05, 4.69) is 41.8 Å². The first-order valence-corrected chi connectivity index (χ1v) is 6.46. The van der Waals surface area contributed by atoms with Crippen molar-refractivity contribution in [3.05, 3.63) is 35.9 Å². The van der Waals surface area contributed by atoms with Crippen LogP contribution in [0.5, 0.6) is 0 Å². The third kappa shape index (κ3) is 7.91. The molecular weight excluding hydrogens is 212 g/mol. The molecule has 0 aliphatic carbocycles. The molecule has 0 aliphatic heterocycles. The third-order valence-corrected chi connectivity index (χ3v) is 2.42. The van der Waals surface area contributed by atoms with Crippen LogP contribution in [0.4, 0.5) is 0 Å². The minimum absolute atomic E-state index is 0.812. The van der Waals surface area contributed by atoms with Crippen LogP contribution in [0.3, 0.4) is 0 Å². The van der Waals surface area contributed by atoms with Gasteiger partial charge >= 0.3 is 0 Å². The summed E-state index contributed by atoms with van der Waals surface area (Å²) in [6.07, 6.45) is 1.10. The Hall–Kier alpha value is -0.900. The highest BCUT2D eigenvalue weighted by molar-refractivity contribution is 5.14. The molecule has 2 N–H and O–H groups in total. The molecule has 3 nitrogen and oxygen atoms in total. The predicted octanol–water partition coefficient (Wildman–Crippen LogP) is 1.79. The summed E-state index contributed by atoms with van der Waals surface area (Å²) in [5, 5.41) is 6.74.